The maximum absolute atomic E-state index is 13.7. The fourth-order valence-corrected chi connectivity index (χ4v) is 3.19. The average Bonchev–Trinajstić information content (AvgIpc) is 2.86. The predicted octanol–water partition coefficient (Wildman–Crippen LogP) is 1.18. The lowest BCUT2D eigenvalue weighted by Crippen LogP contribution is -2.28. The van der Waals surface area contributed by atoms with Crippen molar-refractivity contribution in [1.29, 1.82) is 0 Å². The second-order valence-electron chi connectivity index (χ2n) is 5.67. The molecule has 2 aliphatic carbocycles. The van der Waals surface area contributed by atoms with Gasteiger partial charge < -0.3 is 10.4 Å². The summed E-state index contributed by atoms with van der Waals surface area (Å²) >= 11 is 0. The Labute approximate surface area is 118 Å². The summed E-state index contributed by atoms with van der Waals surface area (Å²) in [6.07, 6.45) is 4.40. The van der Waals surface area contributed by atoms with Gasteiger partial charge in [-0.05, 0) is 12.8 Å². The highest BCUT2D eigenvalue weighted by atomic mass is 19.3. The van der Waals surface area contributed by atoms with Crippen molar-refractivity contribution >= 4 is 11.8 Å². The van der Waals surface area contributed by atoms with E-state index in [1.54, 1.807) is 0 Å². The molecule has 1 spiro atoms. The maximum atomic E-state index is 13.7. The van der Waals surface area contributed by atoms with Gasteiger partial charge in [-0.25, -0.2) is 13.8 Å². The van der Waals surface area contributed by atoms with Crippen molar-refractivity contribution in [2.45, 2.75) is 31.7 Å². The number of nitrogens with zero attached hydrogens (tertiary/aromatic N) is 2. The first-order valence-corrected chi connectivity index (χ1v) is 6.77. The molecule has 2 aliphatic rings. The molecular weight excluding hydrogens is 284 g/mol. The van der Waals surface area contributed by atoms with Crippen molar-refractivity contribution in [3.05, 3.63) is 22.7 Å². The molecule has 1 aromatic heterocycles. The lowest BCUT2D eigenvalue weighted by molar-refractivity contribution is -0.137. The number of hydrogen-bond donors (Lipinski definition) is 2. The SMILES string of the molecule is O=C(O)Cn1ccnc(NCC2C(F)(F)C23CCC3)c1=O. The first kappa shape index (κ1) is 14.0. The van der Waals surface area contributed by atoms with Crippen LogP contribution in [0.25, 0.3) is 0 Å². The van der Waals surface area contributed by atoms with Gasteiger partial charge >= 0.3 is 5.97 Å². The third-order valence-corrected chi connectivity index (χ3v) is 4.62. The summed E-state index contributed by atoms with van der Waals surface area (Å²) in [4.78, 5) is 26.4. The van der Waals surface area contributed by atoms with Gasteiger partial charge in [0.05, 0.1) is 5.92 Å². The van der Waals surface area contributed by atoms with Crippen LogP contribution in [0, 0.1) is 11.3 Å². The summed E-state index contributed by atoms with van der Waals surface area (Å²) in [5.41, 5.74) is -1.50. The number of halogens is 2. The highest BCUT2D eigenvalue weighted by molar-refractivity contribution is 5.66. The van der Waals surface area contributed by atoms with Gasteiger partial charge in [-0.15, -0.1) is 0 Å². The summed E-state index contributed by atoms with van der Waals surface area (Å²) in [6.45, 7) is -0.508. The zero-order chi connectivity index (χ0) is 15.3. The first-order valence-electron chi connectivity index (χ1n) is 6.77. The van der Waals surface area contributed by atoms with Crippen molar-refractivity contribution in [2.24, 2.45) is 11.3 Å². The number of anilines is 1. The molecule has 0 radical (unpaired) electrons. The second kappa shape index (κ2) is 4.51. The Kier molecular flexibility index (Phi) is 3.00. The Balaban J connectivity index is 1.69. The number of rotatable bonds is 5. The van der Waals surface area contributed by atoms with Crippen LogP contribution in [0.1, 0.15) is 19.3 Å². The van der Waals surface area contributed by atoms with Crippen LogP contribution in [-0.4, -0.2) is 33.1 Å². The molecular formula is C13H15F2N3O3. The summed E-state index contributed by atoms with van der Waals surface area (Å²) in [7, 11) is 0. The molecule has 0 bridgehead atoms. The van der Waals surface area contributed by atoms with Gasteiger partial charge in [0, 0.05) is 24.4 Å². The minimum atomic E-state index is -2.67. The van der Waals surface area contributed by atoms with Crippen LogP contribution >= 0.6 is 0 Å². The zero-order valence-corrected chi connectivity index (χ0v) is 11.2. The van der Waals surface area contributed by atoms with E-state index in [4.69, 9.17) is 5.11 Å². The number of carboxylic acid groups (broad SMARTS) is 1. The van der Waals surface area contributed by atoms with Crippen molar-refractivity contribution in [3.63, 3.8) is 0 Å². The Morgan fingerprint density at radius 3 is 2.76 bits per heavy atom. The van der Waals surface area contributed by atoms with Crippen LogP contribution in [0.3, 0.4) is 0 Å². The van der Waals surface area contributed by atoms with Crippen LogP contribution in [0.15, 0.2) is 17.2 Å². The fraction of sp³-hybridized carbons (Fsp3) is 0.615. The van der Waals surface area contributed by atoms with Gasteiger partial charge in [-0.3, -0.25) is 14.2 Å². The Morgan fingerprint density at radius 2 is 2.24 bits per heavy atom. The summed E-state index contributed by atoms with van der Waals surface area (Å²) < 4.78 is 28.4. The third kappa shape index (κ3) is 2.00. The van der Waals surface area contributed by atoms with E-state index in [1.807, 2.05) is 0 Å². The first-order chi connectivity index (χ1) is 9.88. The van der Waals surface area contributed by atoms with Gasteiger partial charge in [-0.1, -0.05) is 6.42 Å². The fourth-order valence-electron chi connectivity index (χ4n) is 3.19. The normalized spacial score (nSPS) is 24.4. The molecule has 1 unspecified atom stereocenters. The van der Waals surface area contributed by atoms with Gasteiger partial charge in [0.2, 0.25) is 0 Å². The van der Waals surface area contributed by atoms with Crippen molar-refractivity contribution in [3.8, 4) is 0 Å². The van der Waals surface area contributed by atoms with E-state index in [1.165, 1.54) is 12.4 Å². The van der Waals surface area contributed by atoms with Gasteiger partial charge in [0.15, 0.2) is 5.82 Å². The topological polar surface area (TPSA) is 84.2 Å². The van der Waals surface area contributed by atoms with E-state index >= 15 is 0 Å². The number of alkyl halides is 2. The van der Waals surface area contributed by atoms with E-state index in [0.717, 1.165) is 11.0 Å². The molecule has 1 aromatic rings. The quantitative estimate of drug-likeness (QED) is 0.853. The van der Waals surface area contributed by atoms with Gasteiger partial charge in [0.1, 0.15) is 6.54 Å². The molecule has 114 valence electrons. The maximum Gasteiger partial charge on any atom is 0.323 e. The highest BCUT2D eigenvalue weighted by Gasteiger charge is 2.81. The second-order valence-corrected chi connectivity index (χ2v) is 5.67. The molecule has 2 N–H and O–H groups in total. The number of hydrogen-bond acceptors (Lipinski definition) is 4. The zero-order valence-electron chi connectivity index (χ0n) is 11.2. The van der Waals surface area contributed by atoms with Crippen LogP contribution in [-0.2, 0) is 11.3 Å². The molecule has 2 saturated carbocycles. The predicted molar refractivity (Wildman–Crippen MR) is 69.3 cm³/mol. The van der Waals surface area contributed by atoms with E-state index in [9.17, 15) is 18.4 Å². The highest BCUT2D eigenvalue weighted by Crippen LogP contribution is 2.75. The monoisotopic (exact) mass is 299 g/mol. The molecule has 6 nitrogen and oxygen atoms in total. The van der Waals surface area contributed by atoms with Crippen LogP contribution in [0.2, 0.25) is 0 Å². The Bertz CT molecular complexity index is 640. The van der Waals surface area contributed by atoms with E-state index in [0.29, 0.717) is 12.8 Å². The molecule has 21 heavy (non-hydrogen) atoms. The van der Waals surface area contributed by atoms with Gasteiger partial charge in [-0.2, -0.15) is 0 Å². The molecule has 1 atom stereocenters. The number of aromatic nitrogens is 2. The molecule has 0 aliphatic heterocycles. The minimum absolute atomic E-state index is 0.0215. The lowest BCUT2D eigenvalue weighted by Gasteiger charge is -2.26. The lowest BCUT2D eigenvalue weighted by atomic mass is 9.79. The minimum Gasteiger partial charge on any atom is -0.480 e. The standard InChI is InChI=1S/C13H15F2N3O3/c14-13(15)8(12(13)2-1-3-12)6-17-10-11(21)18(5-4-16-10)7-9(19)20/h4-5,8H,1-3,6-7H2,(H,16,17)(H,19,20). The van der Waals surface area contributed by atoms with Crippen molar-refractivity contribution in [1.82, 2.24) is 9.55 Å². The average molecular weight is 299 g/mol. The van der Waals surface area contributed by atoms with Crippen LogP contribution < -0.4 is 10.9 Å². The van der Waals surface area contributed by atoms with E-state index < -0.39 is 35.3 Å². The third-order valence-electron chi connectivity index (χ3n) is 4.62. The molecule has 2 fully saturated rings. The summed E-state index contributed by atoms with van der Waals surface area (Å²) in [5, 5.41) is 11.3. The largest absolute Gasteiger partial charge is 0.480 e. The summed E-state index contributed by atoms with van der Waals surface area (Å²) in [6, 6.07) is 0. The van der Waals surface area contributed by atoms with Crippen molar-refractivity contribution in [2.75, 3.05) is 11.9 Å². The number of nitrogens with one attached hydrogen (secondary N) is 1. The van der Waals surface area contributed by atoms with Crippen LogP contribution in [0.4, 0.5) is 14.6 Å². The summed E-state index contributed by atoms with van der Waals surface area (Å²) in [5.74, 6) is -4.69. The van der Waals surface area contributed by atoms with Crippen LogP contribution in [0.5, 0.6) is 0 Å². The smallest absolute Gasteiger partial charge is 0.323 e. The molecule has 3 rings (SSSR count). The number of carboxylic acids is 1. The Morgan fingerprint density at radius 1 is 1.52 bits per heavy atom. The molecule has 0 aromatic carbocycles. The number of aliphatic carboxylic acids is 1. The molecule has 1 heterocycles. The van der Waals surface area contributed by atoms with E-state index in [2.05, 4.69) is 10.3 Å². The molecule has 0 amide bonds. The molecule has 8 heteroatoms. The molecule has 0 saturated heterocycles. The van der Waals surface area contributed by atoms with E-state index in [-0.39, 0.29) is 12.4 Å². The number of carbonyl (C=O) groups is 1. The van der Waals surface area contributed by atoms with Crippen molar-refractivity contribution < 1.29 is 18.7 Å². The van der Waals surface area contributed by atoms with Gasteiger partial charge in [0.25, 0.3) is 11.5 Å². The Hall–Kier alpha value is -1.99.